The Balaban J connectivity index is 1.69. The predicted molar refractivity (Wildman–Crippen MR) is 72.1 cm³/mol. The summed E-state index contributed by atoms with van der Waals surface area (Å²) in [5.41, 5.74) is 0.836. The highest BCUT2D eigenvalue weighted by molar-refractivity contribution is 5.50. The third-order valence-corrected chi connectivity index (χ3v) is 5.42. The molecule has 2 atom stereocenters. The normalized spacial score (nSPS) is 34.2. The zero-order valence-corrected chi connectivity index (χ0v) is 11.6. The minimum absolute atomic E-state index is 0.572. The maximum absolute atomic E-state index is 5.22. The molecule has 4 heterocycles. The third-order valence-electron chi connectivity index (χ3n) is 5.42. The van der Waals surface area contributed by atoms with Crippen molar-refractivity contribution in [1.29, 1.82) is 0 Å². The molecular formula is C15H18N4O. The molecule has 0 radical (unpaired) electrons. The Morgan fingerprint density at radius 2 is 1.90 bits per heavy atom. The second-order valence-electron chi connectivity index (χ2n) is 6.84. The average Bonchev–Trinajstić information content (AvgIpc) is 2.99. The lowest BCUT2D eigenvalue weighted by Crippen LogP contribution is -2.27. The van der Waals surface area contributed by atoms with E-state index in [-0.39, 0.29) is 0 Å². The lowest BCUT2D eigenvalue weighted by atomic mass is 9.68. The summed E-state index contributed by atoms with van der Waals surface area (Å²) >= 11 is 0. The second kappa shape index (κ2) is 3.71. The fourth-order valence-corrected chi connectivity index (χ4v) is 4.83. The molecule has 0 saturated heterocycles. The van der Waals surface area contributed by atoms with E-state index in [1.54, 1.807) is 0 Å². The van der Waals surface area contributed by atoms with Crippen molar-refractivity contribution in [2.24, 2.45) is 11.8 Å². The molecule has 0 aromatic carbocycles. The first-order valence-corrected chi connectivity index (χ1v) is 7.66. The third kappa shape index (κ3) is 1.41. The van der Waals surface area contributed by atoms with Crippen LogP contribution in [0.3, 0.4) is 0 Å². The van der Waals surface area contributed by atoms with Gasteiger partial charge in [0.05, 0.1) is 0 Å². The van der Waals surface area contributed by atoms with E-state index in [1.807, 2.05) is 13.0 Å². The highest BCUT2D eigenvalue weighted by atomic mass is 16.5. The molecule has 20 heavy (non-hydrogen) atoms. The minimum atomic E-state index is 0.572. The first-order valence-electron chi connectivity index (χ1n) is 7.66. The maximum atomic E-state index is 5.22. The molecule has 2 aliphatic carbocycles. The molecular weight excluding hydrogens is 252 g/mol. The van der Waals surface area contributed by atoms with Crippen LogP contribution in [0.5, 0.6) is 0 Å². The molecule has 2 unspecified atom stereocenters. The Labute approximate surface area is 117 Å². The van der Waals surface area contributed by atoms with Gasteiger partial charge in [-0.2, -0.15) is 0 Å². The van der Waals surface area contributed by atoms with E-state index in [1.165, 1.54) is 37.9 Å². The van der Waals surface area contributed by atoms with Gasteiger partial charge in [0, 0.05) is 18.0 Å². The van der Waals surface area contributed by atoms with Crippen molar-refractivity contribution in [3.8, 4) is 11.5 Å². The van der Waals surface area contributed by atoms with Crippen LogP contribution in [-0.2, 0) is 0 Å². The molecule has 0 spiro atoms. The highest BCUT2D eigenvalue weighted by Crippen LogP contribution is 2.53. The van der Waals surface area contributed by atoms with Gasteiger partial charge in [0.15, 0.2) is 11.5 Å². The van der Waals surface area contributed by atoms with Crippen LogP contribution in [0, 0.1) is 18.8 Å². The molecule has 4 bridgehead atoms. The predicted octanol–water partition coefficient (Wildman–Crippen LogP) is 3.09. The number of hydrogen-bond donors (Lipinski definition) is 0. The standard InChI is InChI=1S/C15H18N4O/c1-8-2-13(18-20-8)15-17-16-14-11-4-9-3-10(5-11)7-12(6-9)19(14)15/h2,9-12H,3-7H2,1H3. The van der Waals surface area contributed by atoms with Gasteiger partial charge in [-0.3, -0.25) is 0 Å². The van der Waals surface area contributed by atoms with Gasteiger partial charge in [0.2, 0.25) is 0 Å². The van der Waals surface area contributed by atoms with Crippen molar-refractivity contribution in [2.75, 3.05) is 0 Å². The summed E-state index contributed by atoms with van der Waals surface area (Å²) < 4.78 is 7.61. The Hall–Kier alpha value is -1.65. The molecule has 2 aliphatic heterocycles. The van der Waals surface area contributed by atoms with Gasteiger partial charge in [-0.1, -0.05) is 5.16 Å². The van der Waals surface area contributed by atoms with Gasteiger partial charge in [-0.05, 0) is 50.9 Å². The van der Waals surface area contributed by atoms with E-state index in [0.29, 0.717) is 12.0 Å². The molecule has 0 amide bonds. The van der Waals surface area contributed by atoms with Gasteiger partial charge in [-0.15, -0.1) is 10.2 Å². The molecule has 2 fully saturated rings. The van der Waals surface area contributed by atoms with Crippen LogP contribution in [-0.4, -0.2) is 19.9 Å². The Morgan fingerprint density at radius 3 is 2.60 bits per heavy atom. The number of nitrogens with zero attached hydrogens (tertiary/aromatic N) is 4. The minimum Gasteiger partial charge on any atom is -0.361 e. The largest absolute Gasteiger partial charge is 0.361 e. The van der Waals surface area contributed by atoms with Gasteiger partial charge in [0.25, 0.3) is 0 Å². The van der Waals surface area contributed by atoms with Gasteiger partial charge in [0.1, 0.15) is 11.6 Å². The molecule has 104 valence electrons. The van der Waals surface area contributed by atoms with Crippen LogP contribution in [0.15, 0.2) is 10.6 Å². The Kier molecular flexibility index (Phi) is 2.05. The molecule has 2 saturated carbocycles. The number of aryl methyl sites for hydroxylation is 1. The maximum Gasteiger partial charge on any atom is 0.186 e. The summed E-state index contributed by atoms with van der Waals surface area (Å²) in [4.78, 5) is 0. The van der Waals surface area contributed by atoms with Crippen LogP contribution >= 0.6 is 0 Å². The zero-order valence-electron chi connectivity index (χ0n) is 11.6. The van der Waals surface area contributed by atoms with Gasteiger partial charge < -0.3 is 9.09 Å². The van der Waals surface area contributed by atoms with Crippen LogP contribution in [0.1, 0.15) is 55.6 Å². The average molecular weight is 270 g/mol. The zero-order chi connectivity index (χ0) is 13.3. The quantitative estimate of drug-likeness (QED) is 0.799. The van der Waals surface area contributed by atoms with Crippen molar-refractivity contribution in [2.45, 2.75) is 51.0 Å². The van der Waals surface area contributed by atoms with Gasteiger partial charge >= 0.3 is 0 Å². The van der Waals surface area contributed by atoms with E-state index in [9.17, 15) is 0 Å². The Morgan fingerprint density at radius 1 is 1.10 bits per heavy atom. The summed E-state index contributed by atoms with van der Waals surface area (Å²) in [7, 11) is 0. The number of rotatable bonds is 1. The van der Waals surface area contributed by atoms with Gasteiger partial charge in [-0.25, -0.2) is 0 Å². The van der Waals surface area contributed by atoms with Crippen molar-refractivity contribution in [1.82, 2.24) is 19.9 Å². The van der Waals surface area contributed by atoms with E-state index >= 15 is 0 Å². The van der Waals surface area contributed by atoms with E-state index in [2.05, 4.69) is 19.9 Å². The Bertz CT molecular complexity index is 659. The first-order chi connectivity index (χ1) is 9.78. The summed E-state index contributed by atoms with van der Waals surface area (Å²) in [6.07, 6.45) is 6.64. The van der Waals surface area contributed by atoms with Crippen molar-refractivity contribution in [3.05, 3.63) is 17.7 Å². The van der Waals surface area contributed by atoms with Crippen LogP contribution in [0.25, 0.3) is 11.5 Å². The molecule has 4 aliphatic rings. The topological polar surface area (TPSA) is 56.7 Å². The van der Waals surface area contributed by atoms with E-state index < -0.39 is 0 Å². The fraction of sp³-hybridized carbons (Fsp3) is 0.667. The monoisotopic (exact) mass is 270 g/mol. The van der Waals surface area contributed by atoms with Crippen molar-refractivity contribution < 1.29 is 4.52 Å². The molecule has 2 aromatic heterocycles. The summed E-state index contributed by atoms with van der Waals surface area (Å²) in [6.45, 7) is 1.92. The molecule has 2 aromatic rings. The van der Waals surface area contributed by atoms with Crippen LogP contribution in [0.4, 0.5) is 0 Å². The van der Waals surface area contributed by atoms with Crippen LogP contribution < -0.4 is 0 Å². The molecule has 6 rings (SSSR count). The van der Waals surface area contributed by atoms with Crippen molar-refractivity contribution >= 4 is 0 Å². The van der Waals surface area contributed by atoms with Crippen molar-refractivity contribution in [3.63, 3.8) is 0 Å². The smallest absolute Gasteiger partial charge is 0.186 e. The fourth-order valence-electron chi connectivity index (χ4n) is 4.83. The SMILES string of the molecule is Cc1cc(-c2nnc3n2C2CC4CC(CC3C4)C2)no1. The molecule has 0 N–H and O–H groups in total. The first kappa shape index (κ1) is 11.1. The number of hydrogen-bond acceptors (Lipinski definition) is 4. The number of aromatic nitrogens is 4. The van der Waals surface area contributed by atoms with E-state index in [0.717, 1.165) is 29.1 Å². The lowest BCUT2D eigenvalue weighted by Gasteiger charge is -2.38. The second-order valence-corrected chi connectivity index (χ2v) is 6.84. The molecule has 5 heteroatoms. The summed E-state index contributed by atoms with van der Waals surface area (Å²) in [5.74, 6) is 5.35. The molecule has 5 nitrogen and oxygen atoms in total. The lowest BCUT2D eigenvalue weighted by molar-refractivity contribution is 0.150. The highest BCUT2D eigenvalue weighted by Gasteiger charge is 2.44. The summed E-state index contributed by atoms with van der Waals surface area (Å²) in [5, 5.41) is 13.1. The summed E-state index contributed by atoms with van der Waals surface area (Å²) in [6, 6.07) is 2.54. The van der Waals surface area contributed by atoms with Crippen LogP contribution in [0.2, 0.25) is 0 Å². The van der Waals surface area contributed by atoms with E-state index in [4.69, 9.17) is 4.52 Å².